The zero-order valence-corrected chi connectivity index (χ0v) is 18.6. The van der Waals surface area contributed by atoms with E-state index in [4.69, 9.17) is 9.47 Å². The lowest BCUT2D eigenvalue weighted by Crippen LogP contribution is -2.18. The molecule has 0 aliphatic carbocycles. The van der Waals surface area contributed by atoms with E-state index in [1.165, 1.54) is 22.3 Å². The molecule has 4 aromatic rings. The third-order valence-corrected chi connectivity index (χ3v) is 6.02. The molecule has 0 aliphatic rings. The standard InChI is InChI=1S/C29H28O2/c1-29(2,25-15-11-21(12-16-25)23-7-5-9-27(19-23)30-3)26-17-13-22(14-18-26)24-8-6-10-28(20-24)31-4/h5-20H,1-4H3. The SMILES string of the molecule is COc1cccc(-c2ccc(C(C)(C)c3ccc(-c4cccc(OC)c4)cc3)cc2)c1. The molecule has 0 heterocycles. The third-order valence-electron chi connectivity index (χ3n) is 6.02. The summed E-state index contributed by atoms with van der Waals surface area (Å²) >= 11 is 0. The zero-order valence-electron chi connectivity index (χ0n) is 18.6. The number of benzene rings is 4. The Morgan fingerprint density at radius 1 is 0.484 bits per heavy atom. The van der Waals surface area contributed by atoms with Gasteiger partial charge in [0, 0.05) is 5.41 Å². The van der Waals surface area contributed by atoms with E-state index in [1.807, 2.05) is 24.3 Å². The molecule has 0 aromatic heterocycles. The maximum Gasteiger partial charge on any atom is 0.119 e. The zero-order chi connectivity index (χ0) is 21.8. The minimum absolute atomic E-state index is 0.0974. The van der Waals surface area contributed by atoms with Crippen molar-refractivity contribution >= 4 is 0 Å². The van der Waals surface area contributed by atoms with Crippen LogP contribution in [0.2, 0.25) is 0 Å². The summed E-state index contributed by atoms with van der Waals surface area (Å²) in [6.07, 6.45) is 0. The molecule has 156 valence electrons. The molecule has 0 bridgehead atoms. The van der Waals surface area contributed by atoms with Crippen molar-refractivity contribution in [3.8, 4) is 33.8 Å². The molecule has 2 heteroatoms. The van der Waals surface area contributed by atoms with Crippen molar-refractivity contribution in [3.05, 3.63) is 108 Å². The normalized spacial score (nSPS) is 11.2. The fourth-order valence-corrected chi connectivity index (χ4v) is 3.93. The van der Waals surface area contributed by atoms with E-state index in [2.05, 4.69) is 86.6 Å². The van der Waals surface area contributed by atoms with Gasteiger partial charge in [0.2, 0.25) is 0 Å². The van der Waals surface area contributed by atoms with E-state index in [0.29, 0.717) is 0 Å². The van der Waals surface area contributed by atoms with Gasteiger partial charge in [-0.15, -0.1) is 0 Å². The Morgan fingerprint density at radius 3 is 1.23 bits per heavy atom. The molecule has 2 nitrogen and oxygen atoms in total. The highest BCUT2D eigenvalue weighted by molar-refractivity contribution is 5.67. The van der Waals surface area contributed by atoms with Crippen LogP contribution in [0.5, 0.6) is 11.5 Å². The Labute approximate surface area is 185 Å². The van der Waals surface area contributed by atoms with E-state index in [1.54, 1.807) is 14.2 Å². The monoisotopic (exact) mass is 408 g/mol. The summed E-state index contributed by atoms with van der Waals surface area (Å²) in [5, 5.41) is 0. The van der Waals surface area contributed by atoms with Crippen molar-refractivity contribution in [1.82, 2.24) is 0 Å². The second-order valence-electron chi connectivity index (χ2n) is 8.24. The van der Waals surface area contributed by atoms with Gasteiger partial charge >= 0.3 is 0 Å². The first-order valence-electron chi connectivity index (χ1n) is 10.5. The minimum atomic E-state index is -0.0974. The van der Waals surface area contributed by atoms with Gasteiger partial charge in [-0.3, -0.25) is 0 Å². The van der Waals surface area contributed by atoms with Gasteiger partial charge < -0.3 is 9.47 Å². The molecule has 0 saturated heterocycles. The van der Waals surface area contributed by atoms with E-state index in [9.17, 15) is 0 Å². The van der Waals surface area contributed by atoms with Gasteiger partial charge in [0.15, 0.2) is 0 Å². The first-order chi connectivity index (χ1) is 15.0. The molecule has 0 fully saturated rings. The quantitative estimate of drug-likeness (QED) is 0.332. The molecule has 0 N–H and O–H groups in total. The molecule has 0 atom stereocenters. The summed E-state index contributed by atoms with van der Waals surface area (Å²) in [6.45, 7) is 4.54. The van der Waals surface area contributed by atoms with E-state index in [-0.39, 0.29) is 5.41 Å². The van der Waals surface area contributed by atoms with Crippen molar-refractivity contribution in [2.75, 3.05) is 14.2 Å². The van der Waals surface area contributed by atoms with Gasteiger partial charge in [-0.2, -0.15) is 0 Å². The first kappa shape index (κ1) is 20.7. The Hall–Kier alpha value is -3.52. The first-order valence-corrected chi connectivity index (χ1v) is 10.5. The van der Waals surface area contributed by atoms with Crippen LogP contribution in [0, 0.1) is 0 Å². The summed E-state index contributed by atoms with van der Waals surface area (Å²) in [6, 6.07) is 34.0. The number of hydrogen-bond donors (Lipinski definition) is 0. The fraction of sp³-hybridized carbons (Fsp3) is 0.172. The average molecular weight is 409 g/mol. The van der Waals surface area contributed by atoms with Crippen molar-refractivity contribution in [1.29, 1.82) is 0 Å². The van der Waals surface area contributed by atoms with Crippen molar-refractivity contribution in [2.45, 2.75) is 19.3 Å². The van der Waals surface area contributed by atoms with Crippen LogP contribution in [0.25, 0.3) is 22.3 Å². The molecular formula is C29H28O2. The number of methoxy groups -OCH3 is 2. The van der Waals surface area contributed by atoms with Crippen LogP contribution in [0.1, 0.15) is 25.0 Å². The predicted molar refractivity (Wildman–Crippen MR) is 129 cm³/mol. The lowest BCUT2D eigenvalue weighted by Gasteiger charge is -2.26. The third kappa shape index (κ3) is 4.34. The molecule has 4 aromatic carbocycles. The Balaban J connectivity index is 1.59. The summed E-state index contributed by atoms with van der Waals surface area (Å²) < 4.78 is 10.7. The smallest absolute Gasteiger partial charge is 0.119 e. The molecule has 0 amide bonds. The largest absolute Gasteiger partial charge is 0.497 e. The van der Waals surface area contributed by atoms with Gasteiger partial charge in [-0.1, -0.05) is 86.6 Å². The Kier molecular flexibility index (Phi) is 5.81. The van der Waals surface area contributed by atoms with Gasteiger partial charge in [0.25, 0.3) is 0 Å². The van der Waals surface area contributed by atoms with Crippen LogP contribution in [0.15, 0.2) is 97.1 Å². The van der Waals surface area contributed by atoms with Gasteiger partial charge in [0.05, 0.1) is 14.2 Å². The van der Waals surface area contributed by atoms with Crippen LogP contribution in [0.4, 0.5) is 0 Å². The maximum absolute atomic E-state index is 5.36. The topological polar surface area (TPSA) is 18.5 Å². The van der Waals surface area contributed by atoms with Crippen molar-refractivity contribution < 1.29 is 9.47 Å². The van der Waals surface area contributed by atoms with Crippen molar-refractivity contribution in [2.24, 2.45) is 0 Å². The fourth-order valence-electron chi connectivity index (χ4n) is 3.93. The minimum Gasteiger partial charge on any atom is -0.497 e. The van der Waals surface area contributed by atoms with Gasteiger partial charge in [-0.25, -0.2) is 0 Å². The van der Waals surface area contributed by atoms with Crippen molar-refractivity contribution in [3.63, 3.8) is 0 Å². The van der Waals surface area contributed by atoms with Gasteiger partial charge in [-0.05, 0) is 57.6 Å². The molecule has 0 radical (unpaired) electrons. The lowest BCUT2D eigenvalue weighted by atomic mass is 9.77. The number of rotatable bonds is 6. The predicted octanol–water partition coefficient (Wildman–Crippen LogP) is 7.36. The molecule has 0 unspecified atom stereocenters. The molecule has 0 saturated carbocycles. The highest BCUT2D eigenvalue weighted by Gasteiger charge is 2.23. The van der Waals surface area contributed by atoms with Crippen LogP contribution < -0.4 is 9.47 Å². The summed E-state index contributed by atoms with van der Waals surface area (Å²) in [5.41, 5.74) is 7.16. The lowest BCUT2D eigenvalue weighted by molar-refractivity contribution is 0.415. The van der Waals surface area contributed by atoms with E-state index < -0.39 is 0 Å². The molecule has 4 rings (SSSR count). The van der Waals surface area contributed by atoms with Crippen LogP contribution in [0.3, 0.4) is 0 Å². The van der Waals surface area contributed by atoms with Crippen LogP contribution in [-0.2, 0) is 5.41 Å². The summed E-state index contributed by atoms with van der Waals surface area (Å²) in [7, 11) is 3.40. The summed E-state index contributed by atoms with van der Waals surface area (Å²) in [4.78, 5) is 0. The second kappa shape index (κ2) is 8.69. The highest BCUT2D eigenvalue weighted by atomic mass is 16.5. The maximum atomic E-state index is 5.36. The van der Waals surface area contributed by atoms with Crippen LogP contribution >= 0.6 is 0 Å². The van der Waals surface area contributed by atoms with Crippen LogP contribution in [-0.4, -0.2) is 14.2 Å². The summed E-state index contributed by atoms with van der Waals surface area (Å²) in [5.74, 6) is 1.75. The van der Waals surface area contributed by atoms with E-state index >= 15 is 0 Å². The molecule has 0 spiro atoms. The Bertz CT molecular complexity index is 1060. The number of ether oxygens (including phenoxy) is 2. The number of hydrogen-bond acceptors (Lipinski definition) is 2. The molecule has 0 aliphatic heterocycles. The molecule has 31 heavy (non-hydrogen) atoms. The van der Waals surface area contributed by atoms with Gasteiger partial charge in [0.1, 0.15) is 11.5 Å². The Morgan fingerprint density at radius 2 is 0.871 bits per heavy atom. The van der Waals surface area contributed by atoms with E-state index in [0.717, 1.165) is 22.6 Å². The highest BCUT2D eigenvalue weighted by Crippen LogP contribution is 2.34. The average Bonchev–Trinajstić information content (AvgIpc) is 2.84. The molecular weight excluding hydrogens is 380 g/mol. The second-order valence-corrected chi connectivity index (χ2v) is 8.24.